The largest absolute Gasteiger partial charge is 0.381 e. The fourth-order valence-corrected chi connectivity index (χ4v) is 1.59. The fraction of sp³-hybridized carbons (Fsp3) is 0.875. The number of ether oxygens (including phenoxy) is 1. The molecule has 2 aliphatic rings. The molecule has 5 nitrogen and oxygen atoms in total. The molecule has 2 heterocycles. The van der Waals surface area contributed by atoms with Crippen molar-refractivity contribution < 1.29 is 14.4 Å². The summed E-state index contributed by atoms with van der Waals surface area (Å²) >= 11 is 0. The smallest absolute Gasteiger partial charge is 0.265 e. The van der Waals surface area contributed by atoms with E-state index in [0.717, 1.165) is 19.6 Å². The van der Waals surface area contributed by atoms with E-state index in [1.165, 1.54) is 5.06 Å². The van der Waals surface area contributed by atoms with Crippen LogP contribution in [0, 0.1) is 5.92 Å². The summed E-state index contributed by atoms with van der Waals surface area (Å²) in [6.07, 6.45) is 1.00. The van der Waals surface area contributed by atoms with Crippen LogP contribution in [0.4, 0.5) is 0 Å². The molecule has 0 bridgehead atoms. The first-order chi connectivity index (χ1) is 6.27. The van der Waals surface area contributed by atoms with Crippen molar-refractivity contribution in [2.75, 3.05) is 26.4 Å². The number of carbonyl (C=O) groups excluding carboxylic acids is 1. The van der Waals surface area contributed by atoms with E-state index in [-0.39, 0.29) is 5.91 Å². The highest BCUT2D eigenvalue weighted by Crippen LogP contribution is 2.16. The molecular weight excluding hydrogens is 172 g/mol. The van der Waals surface area contributed by atoms with Crippen LogP contribution >= 0.6 is 0 Å². The van der Waals surface area contributed by atoms with Gasteiger partial charge < -0.3 is 10.5 Å². The van der Waals surface area contributed by atoms with Crippen LogP contribution in [0.1, 0.15) is 6.42 Å². The average Bonchev–Trinajstić information content (AvgIpc) is 2.71. The van der Waals surface area contributed by atoms with Gasteiger partial charge in [-0.05, 0) is 6.42 Å². The molecule has 1 amide bonds. The number of hydrogen-bond acceptors (Lipinski definition) is 4. The Kier molecular flexibility index (Phi) is 2.48. The lowest BCUT2D eigenvalue weighted by atomic mass is 10.1. The van der Waals surface area contributed by atoms with Gasteiger partial charge in [0.1, 0.15) is 6.04 Å². The molecule has 0 spiro atoms. The van der Waals surface area contributed by atoms with Crippen molar-refractivity contribution >= 4 is 5.91 Å². The standard InChI is InChI=1S/C8H14N2O3/c9-7-5-13-10(8(7)11)3-6-1-2-12-4-6/h6-7H,1-5,9H2/t6?,7-/m1/s1. The quantitative estimate of drug-likeness (QED) is 0.608. The SMILES string of the molecule is N[C@@H]1CON(CC2CCOC2)C1=O. The monoisotopic (exact) mass is 186 g/mol. The van der Waals surface area contributed by atoms with Gasteiger partial charge >= 0.3 is 0 Å². The first kappa shape index (κ1) is 8.93. The maximum absolute atomic E-state index is 11.3. The lowest BCUT2D eigenvalue weighted by Crippen LogP contribution is -2.37. The summed E-state index contributed by atoms with van der Waals surface area (Å²) < 4.78 is 5.20. The minimum Gasteiger partial charge on any atom is -0.381 e. The van der Waals surface area contributed by atoms with E-state index in [4.69, 9.17) is 15.3 Å². The van der Waals surface area contributed by atoms with Gasteiger partial charge in [0, 0.05) is 12.5 Å². The van der Waals surface area contributed by atoms with Crippen molar-refractivity contribution in [2.24, 2.45) is 11.7 Å². The second-order valence-electron chi connectivity index (χ2n) is 3.53. The molecule has 2 saturated heterocycles. The molecule has 2 aliphatic heterocycles. The average molecular weight is 186 g/mol. The van der Waals surface area contributed by atoms with E-state index in [0.29, 0.717) is 19.1 Å². The Hall–Kier alpha value is -0.650. The first-order valence-electron chi connectivity index (χ1n) is 4.55. The maximum Gasteiger partial charge on any atom is 0.265 e. The molecule has 74 valence electrons. The van der Waals surface area contributed by atoms with E-state index >= 15 is 0 Å². The third-order valence-electron chi connectivity index (χ3n) is 2.42. The topological polar surface area (TPSA) is 64.8 Å². The summed E-state index contributed by atoms with van der Waals surface area (Å²) in [5.74, 6) is 0.307. The van der Waals surface area contributed by atoms with Crippen molar-refractivity contribution in [2.45, 2.75) is 12.5 Å². The molecule has 0 aromatic carbocycles. The highest BCUT2D eigenvalue weighted by molar-refractivity contribution is 5.82. The zero-order valence-electron chi connectivity index (χ0n) is 7.44. The van der Waals surface area contributed by atoms with E-state index in [1.54, 1.807) is 0 Å². The second-order valence-corrected chi connectivity index (χ2v) is 3.53. The minimum absolute atomic E-state index is 0.105. The van der Waals surface area contributed by atoms with Gasteiger partial charge in [0.15, 0.2) is 0 Å². The van der Waals surface area contributed by atoms with Crippen LogP contribution in [0.5, 0.6) is 0 Å². The molecule has 0 aromatic heterocycles. The van der Waals surface area contributed by atoms with Crippen LogP contribution < -0.4 is 5.73 Å². The van der Waals surface area contributed by atoms with Gasteiger partial charge in [0.25, 0.3) is 5.91 Å². The summed E-state index contributed by atoms with van der Waals surface area (Å²) in [7, 11) is 0. The van der Waals surface area contributed by atoms with E-state index < -0.39 is 6.04 Å². The predicted octanol–water partition coefficient (Wildman–Crippen LogP) is -0.876. The third kappa shape index (κ3) is 1.82. The van der Waals surface area contributed by atoms with Crippen molar-refractivity contribution in [3.05, 3.63) is 0 Å². The fourth-order valence-electron chi connectivity index (χ4n) is 1.59. The normalized spacial score (nSPS) is 34.5. The Morgan fingerprint density at radius 2 is 2.38 bits per heavy atom. The van der Waals surface area contributed by atoms with Crippen LogP contribution in [-0.2, 0) is 14.4 Å². The highest BCUT2D eigenvalue weighted by atomic mass is 16.7. The number of hydroxylamine groups is 2. The van der Waals surface area contributed by atoms with Crippen molar-refractivity contribution in [3.8, 4) is 0 Å². The molecule has 13 heavy (non-hydrogen) atoms. The van der Waals surface area contributed by atoms with Gasteiger partial charge in [-0.2, -0.15) is 0 Å². The number of rotatable bonds is 2. The molecule has 2 N–H and O–H groups in total. The maximum atomic E-state index is 11.3. The van der Waals surface area contributed by atoms with Gasteiger partial charge in [0.2, 0.25) is 0 Å². The van der Waals surface area contributed by atoms with Crippen LogP contribution in [-0.4, -0.2) is 43.4 Å². The summed E-state index contributed by atoms with van der Waals surface area (Å²) in [5, 5.41) is 1.38. The minimum atomic E-state index is -0.470. The number of hydrogen-bond donors (Lipinski definition) is 1. The van der Waals surface area contributed by atoms with Gasteiger partial charge in [0.05, 0.1) is 19.8 Å². The third-order valence-corrected chi connectivity index (χ3v) is 2.42. The van der Waals surface area contributed by atoms with Crippen LogP contribution in [0.25, 0.3) is 0 Å². The molecule has 0 aromatic rings. The van der Waals surface area contributed by atoms with E-state index in [2.05, 4.69) is 0 Å². The molecule has 0 saturated carbocycles. The van der Waals surface area contributed by atoms with Crippen molar-refractivity contribution in [3.63, 3.8) is 0 Å². The van der Waals surface area contributed by atoms with E-state index in [1.807, 2.05) is 0 Å². The van der Waals surface area contributed by atoms with Gasteiger partial charge in [-0.25, -0.2) is 5.06 Å². The van der Waals surface area contributed by atoms with Gasteiger partial charge in [-0.15, -0.1) is 0 Å². The Labute approximate surface area is 76.7 Å². The molecule has 2 rings (SSSR count). The Balaban J connectivity index is 1.84. The zero-order chi connectivity index (χ0) is 9.26. The summed E-state index contributed by atoms with van der Waals surface area (Å²) in [6, 6.07) is -0.470. The van der Waals surface area contributed by atoms with Crippen LogP contribution in [0.2, 0.25) is 0 Å². The van der Waals surface area contributed by atoms with Crippen molar-refractivity contribution in [1.82, 2.24) is 5.06 Å². The molecule has 2 fully saturated rings. The van der Waals surface area contributed by atoms with Crippen molar-refractivity contribution in [1.29, 1.82) is 0 Å². The lowest BCUT2D eigenvalue weighted by Gasteiger charge is -2.17. The second kappa shape index (κ2) is 3.61. The molecular formula is C8H14N2O3. The summed E-state index contributed by atoms with van der Waals surface area (Å²) in [5.41, 5.74) is 5.50. The highest BCUT2D eigenvalue weighted by Gasteiger charge is 2.32. The molecule has 2 atom stereocenters. The summed E-state index contributed by atoms with van der Waals surface area (Å²) in [6.45, 7) is 2.44. The van der Waals surface area contributed by atoms with Crippen LogP contribution in [0.3, 0.4) is 0 Å². The molecule has 5 heteroatoms. The summed E-state index contributed by atoms with van der Waals surface area (Å²) in [4.78, 5) is 16.5. The number of nitrogens with zero attached hydrogens (tertiary/aromatic N) is 1. The molecule has 0 radical (unpaired) electrons. The Morgan fingerprint density at radius 3 is 2.92 bits per heavy atom. The Bertz CT molecular complexity index is 204. The van der Waals surface area contributed by atoms with Gasteiger partial charge in [-0.3, -0.25) is 9.63 Å². The van der Waals surface area contributed by atoms with Gasteiger partial charge in [-0.1, -0.05) is 0 Å². The molecule has 1 unspecified atom stereocenters. The van der Waals surface area contributed by atoms with E-state index in [9.17, 15) is 4.79 Å². The van der Waals surface area contributed by atoms with Crippen LogP contribution in [0.15, 0.2) is 0 Å². The lowest BCUT2D eigenvalue weighted by molar-refractivity contribution is -0.164. The predicted molar refractivity (Wildman–Crippen MR) is 44.6 cm³/mol. The zero-order valence-corrected chi connectivity index (χ0v) is 7.44. The number of nitrogens with two attached hydrogens (primary N) is 1. The Morgan fingerprint density at radius 1 is 1.54 bits per heavy atom. The first-order valence-corrected chi connectivity index (χ1v) is 4.55. The number of carbonyl (C=O) groups is 1. The number of amides is 1. The molecule has 0 aliphatic carbocycles.